The van der Waals surface area contributed by atoms with Crippen molar-refractivity contribution in [2.24, 2.45) is 0 Å². The van der Waals surface area contributed by atoms with E-state index in [1.54, 1.807) is 16.2 Å². The Hall–Kier alpha value is -4.14. The highest BCUT2D eigenvalue weighted by Crippen LogP contribution is 2.40. The second-order valence-electron chi connectivity index (χ2n) is 10.3. The number of ether oxygens (including phenoxy) is 2. The van der Waals surface area contributed by atoms with E-state index in [4.69, 9.17) is 14.7 Å². The molecule has 1 saturated heterocycles. The van der Waals surface area contributed by atoms with Gasteiger partial charge in [-0.25, -0.2) is 5.48 Å². The molecule has 0 aliphatic carbocycles. The zero-order valence-corrected chi connectivity index (χ0v) is 24.7. The zero-order valence-electron chi connectivity index (χ0n) is 23.9. The van der Waals surface area contributed by atoms with Gasteiger partial charge in [0.25, 0.3) is 0 Å². The summed E-state index contributed by atoms with van der Waals surface area (Å²) in [6.45, 7) is -0.0383. The summed E-state index contributed by atoms with van der Waals surface area (Å²) in [6, 6.07) is 24.7. The molecule has 44 heavy (non-hydrogen) atoms. The number of nitrogens with zero attached hydrogens (tertiary/aromatic N) is 4. The molecular formula is C31H34N6O6S. The zero-order chi connectivity index (χ0) is 30.7. The molecule has 3 atom stereocenters. The third kappa shape index (κ3) is 8.49. The molecule has 1 aliphatic heterocycles. The van der Waals surface area contributed by atoms with E-state index < -0.39 is 12.2 Å². The topological polar surface area (TPSA) is 161 Å². The third-order valence-corrected chi connectivity index (χ3v) is 8.13. The van der Waals surface area contributed by atoms with E-state index in [9.17, 15) is 14.7 Å². The summed E-state index contributed by atoms with van der Waals surface area (Å²) in [4.78, 5) is 23.7. The summed E-state index contributed by atoms with van der Waals surface area (Å²) >= 11 is 1.50. The molecule has 0 bridgehead atoms. The molecule has 0 radical (unpaired) electrons. The Labute approximate surface area is 258 Å². The van der Waals surface area contributed by atoms with Gasteiger partial charge in [-0.15, -0.1) is 5.10 Å². The summed E-state index contributed by atoms with van der Waals surface area (Å²) in [5.74, 6) is -0.0766. The molecule has 2 heterocycles. The molecule has 0 saturated carbocycles. The van der Waals surface area contributed by atoms with E-state index in [1.165, 1.54) is 11.8 Å². The highest BCUT2D eigenvalue weighted by Gasteiger charge is 2.33. The minimum Gasteiger partial charge on any atom is -0.392 e. The van der Waals surface area contributed by atoms with E-state index in [1.807, 2.05) is 72.8 Å². The number of nitrogens with one attached hydrogen (secondary N) is 2. The smallest absolute Gasteiger partial charge is 0.243 e. The van der Waals surface area contributed by atoms with Gasteiger partial charge in [0.15, 0.2) is 6.29 Å². The molecule has 1 aromatic heterocycles. The number of aliphatic hydroxyl groups excluding tert-OH is 1. The van der Waals surface area contributed by atoms with Crippen molar-refractivity contribution < 1.29 is 29.4 Å². The Morgan fingerprint density at radius 2 is 1.70 bits per heavy atom. The van der Waals surface area contributed by atoms with Crippen molar-refractivity contribution in [3.05, 3.63) is 95.6 Å². The lowest BCUT2D eigenvalue weighted by Crippen LogP contribution is -2.31. The minimum absolute atomic E-state index is 0.0383. The van der Waals surface area contributed by atoms with Crippen molar-refractivity contribution in [3.8, 4) is 5.69 Å². The Morgan fingerprint density at radius 1 is 0.932 bits per heavy atom. The Morgan fingerprint density at radius 3 is 2.45 bits per heavy atom. The first-order chi connectivity index (χ1) is 21.5. The SMILES string of the molecule is O=C(CCCCC(=O)Nc1cccc([C@@H]2O[C@H](CSc3nnnn3-c3ccccc3)C[C@H](c3ccc(CO)cc3)O2)c1)NO. The van der Waals surface area contributed by atoms with Crippen molar-refractivity contribution >= 4 is 29.3 Å². The van der Waals surface area contributed by atoms with Gasteiger partial charge in [-0.2, -0.15) is 4.68 Å². The molecule has 3 aromatic carbocycles. The minimum atomic E-state index is -0.698. The molecule has 12 nitrogen and oxygen atoms in total. The molecule has 4 aromatic rings. The number of carbonyl (C=O) groups excluding carboxylic acids is 2. The number of benzene rings is 3. The van der Waals surface area contributed by atoms with Crippen LogP contribution in [0.25, 0.3) is 5.69 Å². The van der Waals surface area contributed by atoms with E-state index in [-0.39, 0.29) is 37.6 Å². The van der Waals surface area contributed by atoms with Crippen molar-refractivity contribution in [1.82, 2.24) is 25.7 Å². The van der Waals surface area contributed by atoms with Gasteiger partial charge in [0.2, 0.25) is 17.0 Å². The van der Waals surface area contributed by atoms with E-state index in [2.05, 4.69) is 20.8 Å². The average molecular weight is 619 g/mol. The van der Waals surface area contributed by atoms with Crippen molar-refractivity contribution in [3.63, 3.8) is 0 Å². The number of aliphatic hydroxyl groups is 1. The summed E-state index contributed by atoms with van der Waals surface area (Å²) in [5.41, 5.74) is 5.60. The number of rotatable bonds is 13. The van der Waals surface area contributed by atoms with Crippen LogP contribution >= 0.6 is 11.8 Å². The van der Waals surface area contributed by atoms with Gasteiger partial charge in [0, 0.05) is 36.3 Å². The van der Waals surface area contributed by atoms with Crippen LogP contribution in [-0.4, -0.2) is 54.2 Å². The van der Waals surface area contributed by atoms with Crippen molar-refractivity contribution in [2.45, 2.75) is 62.4 Å². The number of unbranched alkanes of at least 4 members (excludes halogenated alkanes) is 1. The fourth-order valence-electron chi connectivity index (χ4n) is 4.80. The van der Waals surface area contributed by atoms with E-state index in [0.29, 0.717) is 35.9 Å². The first-order valence-electron chi connectivity index (χ1n) is 14.3. The lowest BCUT2D eigenvalue weighted by Gasteiger charge is -2.36. The number of anilines is 1. The van der Waals surface area contributed by atoms with Gasteiger partial charge in [-0.1, -0.05) is 66.4 Å². The van der Waals surface area contributed by atoms with Gasteiger partial charge in [0.1, 0.15) is 0 Å². The Kier molecular flexibility index (Phi) is 11.1. The number of tetrazole rings is 1. The highest BCUT2D eigenvalue weighted by atomic mass is 32.2. The van der Waals surface area contributed by atoms with Crippen LogP contribution in [0, 0.1) is 0 Å². The lowest BCUT2D eigenvalue weighted by atomic mass is 10.0. The summed E-state index contributed by atoms with van der Waals surface area (Å²) in [6.07, 6.45) is 0.810. The molecule has 1 fully saturated rings. The summed E-state index contributed by atoms with van der Waals surface area (Å²) in [5, 5.41) is 33.9. The molecule has 0 spiro atoms. The predicted octanol–water partition coefficient (Wildman–Crippen LogP) is 4.50. The largest absolute Gasteiger partial charge is 0.392 e. The number of para-hydroxylation sites is 1. The highest BCUT2D eigenvalue weighted by molar-refractivity contribution is 7.99. The molecule has 4 N–H and O–H groups in total. The maximum Gasteiger partial charge on any atom is 0.243 e. The van der Waals surface area contributed by atoms with Crippen molar-refractivity contribution in [1.29, 1.82) is 0 Å². The molecular weight excluding hydrogens is 584 g/mol. The van der Waals surface area contributed by atoms with Crippen LogP contribution in [0.4, 0.5) is 5.69 Å². The predicted molar refractivity (Wildman–Crippen MR) is 162 cm³/mol. The Balaban J connectivity index is 1.28. The van der Waals surface area contributed by atoms with Gasteiger partial charge in [-0.3, -0.25) is 14.8 Å². The monoisotopic (exact) mass is 618 g/mol. The van der Waals surface area contributed by atoms with Crippen LogP contribution in [0.1, 0.15) is 61.2 Å². The molecule has 5 rings (SSSR count). The number of hydrogen-bond acceptors (Lipinski definition) is 10. The summed E-state index contributed by atoms with van der Waals surface area (Å²) < 4.78 is 14.6. The number of hydroxylamine groups is 1. The molecule has 2 amide bonds. The number of amides is 2. The average Bonchev–Trinajstić information content (AvgIpc) is 3.55. The second kappa shape index (κ2) is 15.5. The van der Waals surface area contributed by atoms with Crippen LogP contribution in [0.2, 0.25) is 0 Å². The number of carbonyl (C=O) groups is 2. The third-order valence-electron chi connectivity index (χ3n) is 7.08. The van der Waals surface area contributed by atoms with E-state index >= 15 is 0 Å². The van der Waals surface area contributed by atoms with Crippen LogP contribution < -0.4 is 10.8 Å². The molecule has 0 unspecified atom stereocenters. The molecule has 1 aliphatic rings. The first kappa shape index (κ1) is 31.3. The number of aromatic nitrogens is 4. The number of hydrogen-bond donors (Lipinski definition) is 4. The van der Waals surface area contributed by atoms with Crippen LogP contribution in [0.5, 0.6) is 0 Å². The standard InChI is InChI=1S/C31H34N6O6S/c38-19-21-13-15-22(16-14-21)27-18-26(20-44-31-33-35-36-37(31)25-9-2-1-3-10-25)42-30(43-27)23-7-6-8-24(17-23)32-28(39)11-4-5-12-29(40)34-41/h1-3,6-10,13-17,26-27,30,38,41H,4-5,11-12,18-20H2,(H,32,39)(H,34,40)/t26-,27+,30+/m0/s1. The lowest BCUT2D eigenvalue weighted by molar-refractivity contribution is -0.245. The van der Waals surface area contributed by atoms with Gasteiger partial charge in [0.05, 0.1) is 24.5 Å². The normalized spacial score (nSPS) is 18.1. The van der Waals surface area contributed by atoms with Crippen LogP contribution in [-0.2, 0) is 25.7 Å². The summed E-state index contributed by atoms with van der Waals surface area (Å²) in [7, 11) is 0. The van der Waals surface area contributed by atoms with Gasteiger partial charge < -0.3 is 19.9 Å². The first-order valence-corrected chi connectivity index (χ1v) is 15.3. The van der Waals surface area contributed by atoms with Gasteiger partial charge in [-0.05, 0) is 58.7 Å². The van der Waals surface area contributed by atoms with Crippen molar-refractivity contribution in [2.75, 3.05) is 11.1 Å². The maximum absolute atomic E-state index is 12.5. The molecule has 230 valence electrons. The fourth-order valence-corrected chi connectivity index (χ4v) is 5.71. The fraction of sp³-hybridized carbons (Fsp3) is 0.323. The van der Waals surface area contributed by atoms with Gasteiger partial charge >= 0.3 is 0 Å². The molecule has 13 heteroatoms. The second-order valence-corrected chi connectivity index (χ2v) is 11.3. The Bertz CT molecular complexity index is 1520. The van der Waals surface area contributed by atoms with E-state index in [0.717, 1.165) is 22.4 Å². The maximum atomic E-state index is 12.5. The van der Waals surface area contributed by atoms with Crippen LogP contribution in [0.3, 0.4) is 0 Å². The quantitative estimate of drug-likeness (QED) is 0.0727. The number of thioether (sulfide) groups is 1. The van der Waals surface area contributed by atoms with Crippen LogP contribution in [0.15, 0.2) is 84.0 Å².